The van der Waals surface area contributed by atoms with E-state index in [1.165, 1.54) is 46.4 Å². The minimum absolute atomic E-state index is 0.0884. The fourth-order valence-electron chi connectivity index (χ4n) is 3.49. The number of aryl methyl sites for hydroxylation is 2. The number of hydrogen-bond acceptors (Lipinski definition) is 2. The van der Waals surface area contributed by atoms with Crippen molar-refractivity contribution in [3.8, 4) is 0 Å². The van der Waals surface area contributed by atoms with Gasteiger partial charge in [0.15, 0.2) is 18.1 Å². The Labute approximate surface area is 179 Å². The fraction of sp³-hybridized carbons (Fsp3) is 0.269. The second-order valence-corrected chi connectivity index (χ2v) is 8.19. The average molecular weight is 399 g/mol. The minimum Gasteiger partial charge on any atom is -0.683 e. The quantitative estimate of drug-likeness (QED) is 0.537. The molecular formula is C26H30N4. The average Bonchev–Trinajstić information content (AvgIpc) is 3.55. The van der Waals surface area contributed by atoms with Crippen molar-refractivity contribution in [3.05, 3.63) is 99.9 Å². The lowest BCUT2D eigenvalue weighted by atomic mass is 10.0. The number of benzene rings is 2. The highest BCUT2D eigenvalue weighted by molar-refractivity contribution is 5.81. The molecule has 1 fully saturated rings. The van der Waals surface area contributed by atoms with Gasteiger partial charge in [0.25, 0.3) is 0 Å². The van der Waals surface area contributed by atoms with Gasteiger partial charge in [0.2, 0.25) is 0 Å². The van der Waals surface area contributed by atoms with Crippen molar-refractivity contribution in [2.75, 3.05) is 12.4 Å². The van der Waals surface area contributed by atoms with Crippen LogP contribution in [0.15, 0.2) is 72.3 Å². The molecule has 4 heteroatoms. The molecule has 30 heavy (non-hydrogen) atoms. The lowest BCUT2D eigenvalue weighted by molar-refractivity contribution is -0.429. The monoisotopic (exact) mass is 398 g/mol. The molecule has 1 aliphatic heterocycles. The predicted octanol–water partition coefficient (Wildman–Crippen LogP) is 5.98. The predicted molar refractivity (Wildman–Crippen MR) is 127 cm³/mol. The van der Waals surface area contributed by atoms with Crippen LogP contribution in [0, 0.1) is 13.8 Å². The summed E-state index contributed by atoms with van der Waals surface area (Å²) in [5, 5.41) is 11.6. The number of rotatable bonds is 8. The standard InChI is InChI=1S/C26H30N4/c1-18-8-9-23(14-19(18)2)26(21-10-11-21)29-24-7-5-6-22(15-24)20(3)27-12-13-28-25-16-30(4)17-25/h5-9,12-17,20,28-29H,10-11H2,1-4H3. The van der Waals surface area contributed by atoms with E-state index in [-0.39, 0.29) is 6.04 Å². The molecule has 1 heterocycles. The fourth-order valence-corrected chi connectivity index (χ4v) is 3.49. The van der Waals surface area contributed by atoms with Crippen molar-refractivity contribution < 1.29 is 4.58 Å². The normalized spacial score (nSPS) is 15.8. The van der Waals surface area contributed by atoms with Gasteiger partial charge in [-0.25, -0.2) is 4.58 Å². The molecule has 0 radical (unpaired) electrons. The van der Waals surface area contributed by atoms with Crippen molar-refractivity contribution in [2.45, 2.75) is 39.7 Å². The van der Waals surface area contributed by atoms with E-state index >= 15 is 0 Å². The van der Waals surface area contributed by atoms with E-state index in [0.717, 1.165) is 11.4 Å². The third-order valence-electron chi connectivity index (χ3n) is 5.61. The first-order valence-corrected chi connectivity index (χ1v) is 10.6. The molecule has 2 aromatic carbocycles. The maximum Gasteiger partial charge on any atom is 0.198 e. The summed E-state index contributed by atoms with van der Waals surface area (Å²) >= 11 is 0. The lowest BCUT2D eigenvalue weighted by Crippen LogP contribution is -2.21. The second kappa shape index (κ2) is 8.62. The first-order chi connectivity index (χ1) is 14.5. The van der Waals surface area contributed by atoms with E-state index < -0.39 is 0 Å². The van der Waals surface area contributed by atoms with Gasteiger partial charge in [-0.05, 0) is 73.4 Å². The van der Waals surface area contributed by atoms with Crippen LogP contribution in [0.3, 0.4) is 0 Å². The molecule has 1 saturated carbocycles. The van der Waals surface area contributed by atoms with Crippen molar-refractivity contribution in [2.24, 2.45) is 0 Å². The second-order valence-electron chi connectivity index (χ2n) is 8.19. The van der Waals surface area contributed by atoms with Crippen LogP contribution in [0.4, 0.5) is 5.69 Å². The molecule has 0 bridgehead atoms. The number of nitrogens with one attached hydrogen (secondary N) is 2. The molecule has 0 aromatic heterocycles. The van der Waals surface area contributed by atoms with Crippen LogP contribution in [0.2, 0.25) is 0 Å². The van der Waals surface area contributed by atoms with Gasteiger partial charge in [-0.15, -0.1) is 0 Å². The largest absolute Gasteiger partial charge is 0.683 e. The smallest absolute Gasteiger partial charge is 0.198 e. The third kappa shape index (κ3) is 4.82. The summed E-state index contributed by atoms with van der Waals surface area (Å²) in [5.74, 6) is 0. The molecule has 4 nitrogen and oxygen atoms in total. The Bertz CT molecular complexity index is 1070. The highest BCUT2D eigenvalue weighted by Gasteiger charge is 2.19. The molecule has 154 valence electrons. The Kier molecular flexibility index (Phi) is 5.75. The number of hydrogen-bond donors (Lipinski definition) is 2. The van der Waals surface area contributed by atoms with E-state index in [1.807, 2.05) is 36.4 Å². The van der Waals surface area contributed by atoms with Crippen LogP contribution in [0.1, 0.15) is 48.1 Å². The molecule has 0 saturated heterocycles. The zero-order valence-electron chi connectivity index (χ0n) is 18.2. The van der Waals surface area contributed by atoms with E-state index in [0.29, 0.717) is 0 Å². The van der Waals surface area contributed by atoms with Crippen molar-refractivity contribution >= 4 is 17.6 Å². The van der Waals surface area contributed by atoms with Crippen LogP contribution >= 0.6 is 0 Å². The van der Waals surface area contributed by atoms with Gasteiger partial charge < -0.3 is 16.0 Å². The Hall–Kier alpha value is -3.27. The highest BCUT2D eigenvalue weighted by Crippen LogP contribution is 2.37. The van der Waals surface area contributed by atoms with E-state index in [2.05, 4.69) is 79.2 Å². The van der Waals surface area contributed by atoms with Crippen LogP contribution in [-0.2, 0) is 0 Å². The molecule has 0 spiro atoms. The maximum atomic E-state index is 4.65. The van der Waals surface area contributed by atoms with E-state index in [1.54, 1.807) is 0 Å². The molecule has 1 aliphatic carbocycles. The van der Waals surface area contributed by atoms with Crippen LogP contribution in [0.5, 0.6) is 0 Å². The zero-order valence-corrected chi connectivity index (χ0v) is 18.2. The summed E-state index contributed by atoms with van der Waals surface area (Å²) < 4.78 is 2.01. The molecular weight excluding hydrogens is 368 g/mol. The lowest BCUT2D eigenvalue weighted by Gasteiger charge is -2.26. The van der Waals surface area contributed by atoms with Crippen LogP contribution < -0.4 is 10.6 Å². The first-order valence-electron chi connectivity index (χ1n) is 10.6. The maximum absolute atomic E-state index is 4.65. The summed E-state index contributed by atoms with van der Waals surface area (Å²) in [6.07, 6.45) is 10.1. The van der Waals surface area contributed by atoms with Gasteiger partial charge in [-0.1, -0.05) is 42.8 Å². The molecule has 1 unspecified atom stereocenters. The van der Waals surface area contributed by atoms with Gasteiger partial charge in [0.1, 0.15) is 7.05 Å². The Morgan fingerprint density at radius 1 is 1.10 bits per heavy atom. The Morgan fingerprint density at radius 3 is 2.60 bits per heavy atom. The topological polar surface area (TPSA) is 41.2 Å². The zero-order chi connectivity index (χ0) is 21.1. The Morgan fingerprint density at radius 2 is 1.90 bits per heavy atom. The number of anilines is 1. The van der Waals surface area contributed by atoms with Crippen LogP contribution in [0.25, 0.3) is 11.0 Å². The van der Waals surface area contributed by atoms with Crippen molar-refractivity contribution in [1.29, 1.82) is 0 Å². The highest BCUT2D eigenvalue weighted by atomic mass is 15.0. The van der Waals surface area contributed by atoms with Gasteiger partial charge in [-0.3, -0.25) is 0 Å². The number of allylic oxidation sites excluding steroid dienone is 2. The minimum atomic E-state index is 0.0884. The molecule has 2 aliphatic rings. The Balaban J connectivity index is 1.42. The van der Waals surface area contributed by atoms with Gasteiger partial charge in [0, 0.05) is 11.4 Å². The summed E-state index contributed by atoms with van der Waals surface area (Å²) in [7, 11) is 2.01. The molecule has 0 amide bonds. The van der Waals surface area contributed by atoms with E-state index in [4.69, 9.17) is 0 Å². The van der Waals surface area contributed by atoms with Crippen LogP contribution in [-0.4, -0.2) is 17.8 Å². The van der Waals surface area contributed by atoms with Gasteiger partial charge in [-0.2, -0.15) is 6.20 Å². The summed E-state index contributed by atoms with van der Waals surface area (Å²) in [4.78, 5) is 0. The summed E-state index contributed by atoms with van der Waals surface area (Å²) in [6, 6.07) is 15.4. The van der Waals surface area contributed by atoms with Gasteiger partial charge >= 0.3 is 0 Å². The number of nitrogens with zero attached hydrogens (tertiary/aromatic N) is 2. The van der Waals surface area contributed by atoms with Crippen molar-refractivity contribution in [1.82, 2.24) is 5.32 Å². The summed E-state index contributed by atoms with van der Waals surface area (Å²) in [5.41, 5.74) is 10.1. The van der Waals surface area contributed by atoms with E-state index in [9.17, 15) is 0 Å². The van der Waals surface area contributed by atoms with Gasteiger partial charge in [0.05, 0.1) is 0 Å². The molecule has 1 atom stereocenters. The third-order valence-corrected chi connectivity index (χ3v) is 5.61. The van der Waals surface area contributed by atoms with Crippen molar-refractivity contribution in [3.63, 3.8) is 0 Å². The molecule has 2 aromatic rings. The summed E-state index contributed by atoms with van der Waals surface area (Å²) in [6.45, 7) is 6.46. The molecule has 2 N–H and O–H groups in total. The SMILES string of the molecule is Cc1ccc(C(Nc2cccc(C(C)[N-]C=CNC3=C[N+](C)=C3)c2)=C2CC2)cc1C. The first kappa shape index (κ1) is 20.0. The molecule has 4 rings (SSSR count).